The van der Waals surface area contributed by atoms with Gasteiger partial charge in [0, 0.05) is 19.1 Å². The molecule has 0 aromatic rings. The summed E-state index contributed by atoms with van der Waals surface area (Å²) in [4.78, 5) is 14.0. The van der Waals surface area contributed by atoms with E-state index in [-0.39, 0.29) is 12.0 Å². The number of nitrogens with zero attached hydrogens (tertiary/aromatic N) is 1. The zero-order valence-corrected chi connectivity index (χ0v) is 10.4. The highest BCUT2D eigenvalue weighted by atomic mass is 16.5. The van der Waals surface area contributed by atoms with E-state index < -0.39 is 5.54 Å². The normalized spacial score (nSPS) is 22.1. The average Bonchev–Trinajstić information content (AvgIpc) is 2.29. The van der Waals surface area contributed by atoms with Gasteiger partial charge in [-0.15, -0.1) is 0 Å². The minimum atomic E-state index is -0.606. The van der Waals surface area contributed by atoms with E-state index in [1.165, 1.54) is 0 Å². The van der Waals surface area contributed by atoms with Gasteiger partial charge in [-0.2, -0.15) is 0 Å². The Hall–Kier alpha value is -0.870. The van der Waals surface area contributed by atoms with Crippen LogP contribution < -0.4 is 5.73 Å². The van der Waals surface area contributed by atoms with Crippen LogP contribution in [0.1, 0.15) is 27.2 Å². The highest BCUT2D eigenvalue weighted by molar-refractivity contribution is 5.80. The van der Waals surface area contributed by atoms with Crippen LogP contribution in [0.5, 0.6) is 0 Å². The number of carbonyl (C=O) groups is 1. The Bertz CT molecular complexity index is 274. The van der Waals surface area contributed by atoms with Crippen molar-refractivity contribution in [2.24, 2.45) is 5.73 Å². The van der Waals surface area contributed by atoms with E-state index >= 15 is 0 Å². The lowest BCUT2D eigenvalue weighted by atomic mass is 9.97. The van der Waals surface area contributed by atoms with Gasteiger partial charge >= 0.3 is 5.97 Å². The van der Waals surface area contributed by atoms with Crippen molar-refractivity contribution in [3.63, 3.8) is 0 Å². The summed E-state index contributed by atoms with van der Waals surface area (Å²) in [5.41, 5.74) is 5.11. The van der Waals surface area contributed by atoms with Crippen molar-refractivity contribution in [1.82, 2.24) is 4.90 Å². The van der Waals surface area contributed by atoms with Crippen LogP contribution in [0.2, 0.25) is 0 Å². The maximum absolute atomic E-state index is 11.9. The molecule has 0 saturated carbocycles. The molecule has 0 amide bonds. The SMILES string of the molecule is CCOC(=O)C(C)(C)N1CCC=CC1CN. The molecule has 1 unspecified atom stereocenters. The Kier molecular flexibility index (Phi) is 4.50. The molecule has 4 nitrogen and oxygen atoms in total. The molecule has 1 heterocycles. The van der Waals surface area contributed by atoms with Gasteiger partial charge in [-0.25, -0.2) is 0 Å². The quantitative estimate of drug-likeness (QED) is 0.572. The van der Waals surface area contributed by atoms with Gasteiger partial charge in [-0.1, -0.05) is 12.2 Å². The molecule has 0 spiro atoms. The van der Waals surface area contributed by atoms with Crippen LogP contribution in [0.3, 0.4) is 0 Å². The predicted octanol–water partition coefficient (Wildman–Crippen LogP) is 0.917. The number of esters is 1. The molecule has 16 heavy (non-hydrogen) atoms. The van der Waals surface area contributed by atoms with Gasteiger partial charge in [0.2, 0.25) is 0 Å². The first-order valence-corrected chi connectivity index (χ1v) is 5.84. The summed E-state index contributed by atoms with van der Waals surface area (Å²) in [5, 5.41) is 0. The van der Waals surface area contributed by atoms with Gasteiger partial charge in [0.1, 0.15) is 5.54 Å². The first kappa shape index (κ1) is 13.2. The summed E-state index contributed by atoms with van der Waals surface area (Å²) in [6.07, 6.45) is 5.15. The molecular weight excluding hydrogens is 204 g/mol. The molecule has 4 heteroatoms. The number of hydrogen-bond donors (Lipinski definition) is 1. The second-order valence-corrected chi connectivity index (χ2v) is 4.49. The summed E-state index contributed by atoms with van der Waals surface area (Å²) < 4.78 is 5.11. The first-order valence-electron chi connectivity index (χ1n) is 5.84. The number of nitrogens with two attached hydrogens (primary N) is 1. The largest absolute Gasteiger partial charge is 0.465 e. The molecule has 1 aliphatic heterocycles. The molecule has 0 bridgehead atoms. The summed E-state index contributed by atoms with van der Waals surface area (Å²) in [6, 6.07) is 0.133. The van der Waals surface area contributed by atoms with E-state index in [1.807, 2.05) is 20.8 Å². The number of rotatable bonds is 4. The Labute approximate surface area is 97.4 Å². The summed E-state index contributed by atoms with van der Waals surface area (Å²) in [7, 11) is 0. The Morgan fingerprint density at radius 1 is 1.62 bits per heavy atom. The van der Waals surface area contributed by atoms with Gasteiger partial charge in [0.05, 0.1) is 6.61 Å². The van der Waals surface area contributed by atoms with Gasteiger partial charge < -0.3 is 10.5 Å². The van der Waals surface area contributed by atoms with Gasteiger partial charge in [-0.05, 0) is 27.2 Å². The molecule has 0 aliphatic carbocycles. The topological polar surface area (TPSA) is 55.6 Å². The third-order valence-corrected chi connectivity index (χ3v) is 3.03. The molecule has 2 N–H and O–H groups in total. The third kappa shape index (κ3) is 2.62. The summed E-state index contributed by atoms with van der Waals surface area (Å²) in [5.74, 6) is -0.177. The minimum absolute atomic E-state index is 0.133. The van der Waals surface area contributed by atoms with Crippen LogP contribution >= 0.6 is 0 Å². The first-order chi connectivity index (χ1) is 7.54. The van der Waals surface area contributed by atoms with Crippen LogP contribution in [0, 0.1) is 0 Å². The predicted molar refractivity (Wildman–Crippen MR) is 64.0 cm³/mol. The Morgan fingerprint density at radius 2 is 2.31 bits per heavy atom. The van der Waals surface area contributed by atoms with Crippen LogP contribution in [-0.4, -0.2) is 42.1 Å². The van der Waals surface area contributed by atoms with Crippen molar-refractivity contribution in [2.75, 3.05) is 19.7 Å². The lowest BCUT2D eigenvalue weighted by molar-refractivity contribution is -0.157. The van der Waals surface area contributed by atoms with Crippen molar-refractivity contribution in [1.29, 1.82) is 0 Å². The number of carbonyl (C=O) groups excluding carboxylic acids is 1. The highest BCUT2D eigenvalue weighted by Gasteiger charge is 2.39. The maximum atomic E-state index is 11.9. The second kappa shape index (κ2) is 5.46. The van der Waals surface area contributed by atoms with E-state index in [1.54, 1.807) is 0 Å². The van der Waals surface area contributed by atoms with Crippen molar-refractivity contribution in [2.45, 2.75) is 38.8 Å². The molecule has 1 aliphatic rings. The lowest BCUT2D eigenvalue weighted by Gasteiger charge is -2.42. The van der Waals surface area contributed by atoms with Crippen molar-refractivity contribution < 1.29 is 9.53 Å². The second-order valence-electron chi connectivity index (χ2n) is 4.49. The van der Waals surface area contributed by atoms with Gasteiger partial charge in [0.25, 0.3) is 0 Å². The monoisotopic (exact) mass is 226 g/mol. The minimum Gasteiger partial charge on any atom is -0.465 e. The van der Waals surface area contributed by atoms with E-state index in [0.717, 1.165) is 13.0 Å². The average molecular weight is 226 g/mol. The van der Waals surface area contributed by atoms with Gasteiger partial charge in [0.15, 0.2) is 0 Å². The molecule has 0 fully saturated rings. The van der Waals surface area contributed by atoms with Crippen LogP contribution in [0.4, 0.5) is 0 Å². The standard InChI is InChI=1S/C12H22N2O2/c1-4-16-11(15)12(2,3)14-8-6-5-7-10(14)9-13/h5,7,10H,4,6,8-9,13H2,1-3H3. The summed E-state index contributed by atoms with van der Waals surface area (Å²) in [6.45, 7) is 7.41. The van der Waals surface area contributed by atoms with E-state index in [9.17, 15) is 4.79 Å². The highest BCUT2D eigenvalue weighted by Crippen LogP contribution is 2.23. The molecule has 0 saturated heterocycles. The fourth-order valence-corrected chi connectivity index (χ4v) is 2.06. The Morgan fingerprint density at radius 3 is 2.88 bits per heavy atom. The number of hydrogen-bond acceptors (Lipinski definition) is 4. The zero-order chi connectivity index (χ0) is 12.2. The molecule has 0 aromatic heterocycles. The lowest BCUT2D eigenvalue weighted by Crippen LogP contribution is -2.57. The molecule has 0 aromatic carbocycles. The smallest absolute Gasteiger partial charge is 0.325 e. The van der Waals surface area contributed by atoms with Crippen molar-refractivity contribution >= 4 is 5.97 Å². The molecule has 92 valence electrons. The van der Waals surface area contributed by atoms with E-state index in [4.69, 9.17) is 10.5 Å². The third-order valence-electron chi connectivity index (χ3n) is 3.03. The molecular formula is C12H22N2O2. The number of ether oxygens (including phenoxy) is 1. The van der Waals surface area contributed by atoms with E-state index in [0.29, 0.717) is 13.2 Å². The van der Waals surface area contributed by atoms with E-state index in [2.05, 4.69) is 17.1 Å². The Balaban J connectivity index is 2.80. The summed E-state index contributed by atoms with van der Waals surface area (Å²) >= 11 is 0. The molecule has 1 rings (SSSR count). The fraction of sp³-hybridized carbons (Fsp3) is 0.750. The fourth-order valence-electron chi connectivity index (χ4n) is 2.06. The van der Waals surface area contributed by atoms with Crippen molar-refractivity contribution in [3.05, 3.63) is 12.2 Å². The zero-order valence-electron chi connectivity index (χ0n) is 10.4. The van der Waals surface area contributed by atoms with Crippen LogP contribution in [-0.2, 0) is 9.53 Å². The molecule has 1 atom stereocenters. The van der Waals surface area contributed by atoms with Gasteiger partial charge in [-0.3, -0.25) is 9.69 Å². The van der Waals surface area contributed by atoms with Crippen molar-refractivity contribution in [3.8, 4) is 0 Å². The molecule has 0 radical (unpaired) electrons. The maximum Gasteiger partial charge on any atom is 0.325 e. The van der Waals surface area contributed by atoms with Crippen LogP contribution in [0.25, 0.3) is 0 Å². The van der Waals surface area contributed by atoms with Crippen LogP contribution in [0.15, 0.2) is 12.2 Å².